The molecule has 4 N–H and O–H groups in total. The van der Waals surface area contributed by atoms with Crippen LogP contribution in [-0.2, 0) is 11.3 Å². The molecule has 0 unspecified atom stereocenters. The van der Waals surface area contributed by atoms with Crippen molar-refractivity contribution in [2.24, 2.45) is 0 Å². The second kappa shape index (κ2) is 12.2. The summed E-state index contributed by atoms with van der Waals surface area (Å²) in [6, 6.07) is 12.3. The van der Waals surface area contributed by atoms with Gasteiger partial charge in [0.25, 0.3) is 5.91 Å². The Balaban J connectivity index is 1.56. The van der Waals surface area contributed by atoms with Crippen molar-refractivity contribution in [2.75, 3.05) is 31.3 Å². The van der Waals surface area contributed by atoms with Crippen LogP contribution in [-0.4, -0.2) is 47.6 Å². The molecule has 0 aliphatic heterocycles. The highest BCUT2D eigenvalue weighted by atomic mass is 35.5. The third-order valence-electron chi connectivity index (χ3n) is 4.85. The number of rotatable bonds is 10. The summed E-state index contributed by atoms with van der Waals surface area (Å²) in [5.74, 6) is -0.636. The molecule has 35 heavy (non-hydrogen) atoms. The first-order valence-corrected chi connectivity index (χ1v) is 11.4. The van der Waals surface area contributed by atoms with E-state index < -0.39 is 5.91 Å². The second-order valence-corrected chi connectivity index (χ2v) is 8.71. The van der Waals surface area contributed by atoms with Crippen LogP contribution in [0, 0.1) is 0 Å². The Morgan fingerprint density at radius 1 is 1.09 bits per heavy atom. The molecule has 0 fully saturated rings. The molecule has 0 bridgehead atoms. The summed E-state index contributed by atoms with van der Waals surface area (Å²) in [5.41, 5.74) is 3.34. The fourth-order valence-corrected chi connectivity index (χ4v) is 3.64. The van der Waals surface area contributed by atoms with Crippen LogP contribution in [0.5, 0.6) is 0 Å². The molecule has 0 saturated carbocycles. The maximum Gasteiger partial charge on any atom is 0.258 e. The number of benzene rings is 2. The Bertz CT molecular complexity index is 1210. The van der Waals surface area contributed by atoms with Crippen molar-refractivity contribution in [1.29, 1.82) is 0 Å². The van der Waals surface area contributed by atoms with Crippen molar-refractivity contribution >= 4 is 52.1 Å². The SMILES string of the molecule is C=C(NCc1ccc(NC(=O)/C=C/CN(C)C)cc1)c1[nH]ncc1NC(=O)c1c(Cl)cccc1Cl. The van der Waals surface area contributed by atoms with Crippen LogP contribution in [0.1, 0.15) is 21.6 Å². The smallest absolute Gasteiger partial charge is 0.258 e. The lowest BCUT2D eigenvalue weighted by atomic mass is 10.2. The minimum atomic E-state index is -0.453. The largest absolute Gasteiger partial charge is 0.380 e. The van der Waals surface area contributed by atoms with Gasteiger partial charge in [-0.3, -0.25) is 14.7 Å². The van der Waals surface area contributed by atoms with Gasteiger partial charge in [-0.1, -0.05) is 54.1 Å². The molecule has 0 saturated heterocycles. The summed E-state index contributed by atoms with van der Waals surface area (Å²) in [4.78, 5) is 26.6. The van der Waals surface area contributed by atoms with E-state index in [-0.39, 0.29) is 21.5 Å². The van der Waals surface area contributed by atoms with Crippen molar-refractivity contribution in [3.63, 3.8) is 0 Å². The first-order chi connectivity index (χ1) is 16.7. The number of aromatic amines is 1. The predicted molar refractivity (Wildman–Crippen MR) is 142 cm³/mol. The van der Waals surface area contributed by atoms with Crippen LogP contribution in [0.4, 0.5) is 11.4 Å². The summed E-state index contributed by atoms with van der Waals surface area (Å²) in [6.07, 6.45) is 4.80. The molecule has 0 spiro atoms. The number of carbonyl (C=O) groups is 2. The Labute approximate surface area is 214 Å². The number of nitrogens with one attached hydrogen (secondary N) is 4. The number of carbonyl (C=O) groups excluding carboxylic acids is 2. The van der Waals surface area contributed by atoms with Gasteiger partial charge in [0.2, 0.25) is 5.91 Å². The summed E-state index contributed by atoms with van der Waals surface area (Å²) in [7, 11) is 3.87. The van der Waals surface area contributed by atoms with Gasteiger partial charge in [-0.15, -0.1) is 0 Å². The van der Waals surface area contributed by atoms with Crippen LogP contribution in [0.15, 0.2) is 67.4 Å². The lowest BCUT2D eigenvalue weighted by Crippen LogP contribution is -2.16. The Morgan fingerprint density at radius 3 is 2.43 bits per heavy atom. The first-order valence-electron chi connectivity index (χ1n) is 10.7. The summed E-state index contributed by atoms with van der Waals surface area (Å²) in [5, 5.41) is 16.1. The molecule has 8 nitrogen and oxygen atoms in total. The number of amides is 2. The highest BCUT2D eigenvalue weighted by Gasteiger charge is 2.18. The molecule has 2 amide bonds. The topological polar surface area (TPSA) is 102 Å². The van der Waals surface area contributed by atoms with Crippen molar-refractivity contribution in [1.82, 2.24) is 20.4 Å². The zero-order valence-electron chi connectivity index (χ0n) is 19.4. The van der Waals surface area contributed by atoms with Crippen LogP contribution in [0.2, 0.25) is 10.0 Å². The standard InChI is InChI=1S/C25H26Cl2N6O2/c1-16(24-21(15-29-32-24)31-25(35)23-19(26)6-4-7-20(23)27)28-14-17-9-11-18(12-10-17)30-22(34)8-5-13-33(2)3/h4-12,15,28H,1,13-14H2,2-3H3,(H,29,32)(H,30,34)(H,31,35)/b8-5+. The third-order valence-corrected chi connectivity index (χ3v) is 5.48. The average Bonchev–Trinajstić information content (AvgIpc) is 3.26. The maximum absolute atomic E-state index is 12.7. The van der Waals surface area contributed by atoms with E-state index >= 15 is 0 Å². The highest BCUT2D eigenvalue weighted by Crippen LogP contribution is 2.26. The number of hydrogen-bond donors (Lipinski definition) is 4. The fraction of sp³-hybridized carbons (Fsp3) is 0.160. The molecule has 0 radical (unpaired) electrons. The molecular weight excluding hydrogens is 487 g/mol. The van der Waals surface area contributed by atoms with Crippen LogP contribution < -0.4 is 16.0 Å². The van der Waals surface area contributed by atoms with Gasteiger partial charge < -0.3 is 20.9 Å². The van der Waals surface area contributed by atoms with Crippen LogP contribution >= 0.6 is 23.2 Å². The van der Waals surface area contributed by atoms with E-state index in [9.17, 15) is 9.59 Å². The maximum atomic E-state index is 12.7. The van der Waals surface area contributed by atoms with E-state index in [1.807, 2.05) is 43.3 Å². The van der Waals surface area contributed by atoms with E-state index in [0.29, 0.717) is 35.9 Å². The second-order valence-electron chi connectivity index (χ2n) is 7.89. The van der Waals surface area contributed by atoms with E-state index in [2.05, 4.69) is 32.7 Å². The fourth-order valence-electron chi connectivity index (χ4n) is 3.07. The molecule has 10 heteroatoms. The molecule has 2 aromatic carbocycles. The van der Waals surface area contributed by atoms with Gasteiger partial charge in [-0.05, 0) is 43.9 Å². The van der Waals surface area contributed by atoms with E-state index in [4.69, 9.17) is 23.2 Å². The van der Waals surface area contributed by atoms with Crippen LogP contribution in [0.25, 0.3) is 5.70 Å². The molecule has 1 aromatic heterocycles. The number of hydrogen-bond acceptors (Lipinski definition) is 5. The predicted octanol–water partition coefficient (Wildman–Crippen LogP) is 4.79. The summed E-state index contributed by atoms with van der Waals surface area (Å²) < 4.78 is 0. The Morgan fingerprint density at radius 2 is 1.77 bits per heavy atom. The lowest BCUT2D eigenvalue weighted by Gasteiger charge is -2.12. The van der Waals surface area contributed by atoms with Gasteiger partial charge >= 0.3 is 0 Å². The number of anilines is 2. The van der Waals surface area contributed by atoms with E-state index in [0.717, 1.165) is 5.56 Å². The molecule has 0 atom stereocenters. The van der Waals surface area contributed by atoms with E-state index in [1.54, 1.807) is 24.3 Å². The number of likely N-dealkylation sites (N-methyl/N-ethyl adjacent to an activating group) is 1. The number of nitrogens with zero attached hydrogens (tertiary/aromatic N) is 2. The zero-order valence-corrected chi connectivity index (χ0v) is 20.9. The van der Waals surface area contributed by atoms with Gasteiger partial charge in [-0.25, -0.2) is 0 Å². The minimum Gasteiger partial charge on any atom is -0.380 e. The average molecular weight is 513 g/mol. The van der Waals surface area contributed by atoms with Crippen molar-refractivity contribution < 1.29 is 9.59 Å². The molecule has 3 rings (SSSR count). The zero-order chi connectivity index (χ0) is 25.4. The van der Waals surface area contributed by atoms with E-state index in [1.165, 1.54) is 12.3 Å². The Hall–Kier alpha value is -3.59. The van der Waals surface area contributed by atoms with Gasteiger partial charge in [0.15, 0.2) is 0 Å². The van der Waals surface area contributed by atoms with Gasteiger partial charge in [0, 0.05) is 24.9 Å². The summed E-state index contributed by atoms with van der Waals surface area (Å²) in [6.45, 7) is 5.19. The molecule has 182 valence electrons. The van der Waals surface area contributed by atoms with Gasteiger partial charge in [0.1, 0.15) is 5.69 Å². The third kappa shape index (κ3) is 7.45. The monoisotopic (exact) mass is 512 g/mol. The number of halogens is 2. The molecular formula is C25H26Cl2N6O2. The number of H-pyrrole nitrogens is 1. The lowest BCUT2D eigenvalue weighted by molar-refractivity contribution is -0.111. The van der Waals surface area contributed by atoms with Crippen molar-refractivity contribution in [3.8, 4) is 0 Å². The van der Waals surface area contributed by atoms with Crippen LogP contribution in [0.3, 0.4) is 0 Å². The molecule has 3 aromatic rings. The number of aromatic nitrogens is 2. The van der Waals surface area contributed by atoms with Gasteiger partial charge in [0.05, 0.1) is 33.2 Å². The minimum absolute atomic E-state index is 0.182. The molecule has 0 aliphatic rings. The Kier molecular flexibility index (Phi) is 9.08. The van der Waals surface area contributed by atoms with Crippen molar-refractivity contribution in [2.45, 2.75) is 6.54 Å². The quantitative estimate of drug-likeness (QED) is 0.292. The first kappa shape index (κ1) is 26.0. The molecule has 1 heterocycles. The summed E-state index contributed by atoms with van der Waals surface area (Å²) >= 11 is 12.3. The van der Waals surface area contributed by atoms with Gasteiger partial charge in [-0.2, -0.15) is 5.10 Å². The highest BCUT2D eigenvalue weighted by molar-refractivity contribution is 6.40. The molecule has 0 aliphatic carbocycles. The van der Waals surface area contributed by atoms with Crippen molar-refractivity contribution in [3.05, 3.63) is 94.3 Å². The normalized spacial score (nSPS) is 11.0.